The second kappa shape index (κ2) is 6.14. The predicted octanol–water partition coefficient (Wildman–Crippen LogP) is 1.84. The van der Waals surface area contributed by atoms with E-state index in [0.717, 1.165) is 25.0 Å². The zero-order valence-electron chi connectivity index (χ0n) is 9.02. The van der Waals surface area contributed by atoms with E-state index in [0.29, 0.717) is 5.88 Å². The average Bonchev–Trinajstić information content (AvgIpc) is 2.29. The smallest absolute Gasteiger partial charge is 0.216 e. The lowest BCUT2D eigenvalue weighted by Gasteiger charge is -2.10. The molecule has 0 saturated carbocycles. The SMILES string of the molecule is C=CCCCC(N)c1cc(OC)ncn1. The number of rotatable bonds is 6. The lowest BCUT2D eigenvalue weighted by atomic mass is 10.1. The zero-order valence-corrected chi connectivity index (χ0v) is 9.02. The normalized spacial score (nSPS) is 12.1. The summed E-state index contributed by atoms with van der Waals surface area (Å²) < 4.78 is 5.01. The molecule has 2 N–H and O–H groups in total. The molecule has 4 heteroatoms. The first-order valence-electron chi connectivity index (χ1n) is 5.00. The third kappa shape index (κ3) is 3.67. The Bertz CT molecular complexity index is 314. The van der Waals surface area contributed by atoms with Crippen LogP contribution in [-0.2, 0) is 0 Å². The summed E-state index contributed by atoms with van der Waals surface area (Å²) >= 11 is 0. The molecule has 0 aromatic carbocycles. The van der Waals surface area contributed by atoms with Gasteiger partial charge in [0.25, 0.3) is 0 Å². The predicted molar refractivity (Wildman–Crippen MR) is 59.6 cm³/mol. The van der Waals surface area contributed by atoms with Crippen LogP contribution in [-0.4, -0.2) is 17.1 Å². The number of ether oxygens (including phenoxy) is 1. The molecule has 0 spiro atoms. The van der Waals surface area contributed by atoms with Gasteiger partial charge >= 0.3 is 0 Å². The monoisotopic (exact) mass is 207 g/mol. The fraction of sp³-hybridized carbons (Fsp3) is 0.455. The van der Waals surface area contributed by atoms with Crippen molar-refractivity contribution in [2.45, 2.75) is 25.3 Å². The van der Waals surface area contributed by atoms with Crippen molar-refractivity contribution in [3.63, 3.8) is 0 Å². The van der Waals surface area contributed by atoms with Crippen LogP contribution in [0.4, 0.5) is 0 Å². The van der Waals surface area contributed by atoms with E-state index in [1.807, 2.05) is 6.08 Å². The van der Waals surface area contributed by atoms with Crippen LogP contribution in [0.2, 0.25) is 0 Å². The Labute approximate surface area is 90.2 Å². The van der Waals surface area contributed by atoms with Crippen molar-refractivity contribution in [1.29, 1.82) is 0 Å². The summed E-state index contributed by atoms with van der Waals surface area (Å²) in [6, 6.07) is 1.72. The molecule has 0 aliphatic rings. The second-order valence-electron chi connectivity index (χ2n) is 3.31. The van der Waals surface area contributed by atoms with Crippen LogP contribution < -0.4 is 10.5 Å². The molecule has 0 aliphatic heterocycles. The number of hydrogen-bond acceptors (Lipinski definition) is 4. The van der Waals surface area contributed by atoms with Gasteiger partial charge in [-0.3, -0.25) is 0 Å². The van der Waals surface area contributed by atoms with Gasteiger partial charge in [-0.05, 0) is 19.3 Å². The van der Waals surface area contributed by atoms with Crippen LogP contribution in [0.15, 0.2) is 25.0 Å². The number of hydrogen-bond donors (Lipinski definition) is 1. The van der Waals surface area contributed by atoms with Crippen LogP contribution in [0.1, 0.15) is 31.0 Å². The lowest BCUT2D eigenvalue weighted by Crippen LogP contribution is -2.12. The minimum atomic E-state index is -0.0538. The van der Waals surface area contributed by atoms with Crippen molar-refractivity contribution in [2.24, 2.45) is 5.73 Å². The summed E-state index contributed by atoms with van der Waals surface area (Å²) in [4.78, 5) is 8.06. The summed E-state index contributed by atoms with van der Waals surface area (Å²) in [5, 5.41) is 0. The summed E-state index contributed by atoms with van der Waals surface area (Å²) in [7, 11) is 1.58. The van der Waals surface area contributed by atoms with Gasteiger partial charge < -0.3 is 10.5 Å². The molecule has 1 atom stereocenters. The molecule has 0 saturated heterocycles. The van der Waals surface area contributed by atoms with Gasteiger partial charge in [-0.1, -0.05) is 6.08 Å². The molecule has 1 rings (SSSR count). The quantitative estimate of drug-likeness (QED) is 0.571. The molecule has 4 nitrogen and oxygen atoms in total. The molecular formula is C11H17N3O. The Morgan fingerprint density at radius 2 is 2.40 bits per heavy atom. The Morgan fingerprint density at radius 3 is 3.07 bits per heavy atom. The maximum absolute atomic E-state index is 5.98. The van der Waals surface area contributed by atoms with Crippen molar-refractivity contribution >= 4 is 0 Å². The molecule has 1 aromatic heterocycles. The number of nitrogens with zero attached hydrogens (tertiary/aromatic N) is 2. The van der Waals surface area contributed by atoms with Gasteiger partial charge in [0.1, 0.15) is 6.33 Å². The first-order chi connectivity index (χ1) is 7.27. The van der Waals surface area contributed by atoms with E-state index >= 15 is 0 Å². The van der Waals surface area contributed by atoms with E-state index in [4.69, 9.17) is 10.5 Å². The third-order valence-electron chi connectivity index (χ3n) is 2.18. The van der Waals surface area contributed by atoms with E-state index < -0.39 is 0 Å². The van der Waals surface area contributed by atoms with Crippen molar-refractivity contribution in [1.82, 2.24) is 9.97 Å². The van der Waals surface area contributed by atoms with E-state index in [9.17, 15) is 0 Å². The van der Waals surface area contributed by atoms with Crippen molar-refractivity contribution in [3.8, 4) is 5.88 Å². The van der Waals surface area contributed by atoms with Gasteiger partial charge in [0.2, 0.25) is 5.88 Å². The van der Waals surface area contributed by atoms with Gasteiger partial charge in [0.05, 0.1) is 12.8 Å². The third-order valence-corrected chi connectivity index (χ3v) is 2.18. The van der Waals surface area contributed by atoms with E-state index in [1.54, 1.807) is 13.2 Å². The maximum Gasteiger partial charge on any atom is 0.216 e. The molecule has 15 heavy (non-hydrogen) atoms. The Morgan fingerprint density at radius 1 is 1.60 bits per heavy atom. The molecule has 1 heterocycles. The standard InChI is InChI=1S/C11H17N3O/c1-3-4-5-6-9(12)10-7-11(15-2)14-8-13-10/h3,7-9H,1,4-6,12H2,2H3. The van der Waals surface area contributed by atoms with Gasteiger partial charge in [-0.25, -0.2) is 9.97 Å². The topological polar surface area (TPSA) is 61.0 Å². The van der Waals surface area contributed by atoms with Crippen molar-refractivity contribution in [2.75, 3.05) is 7.11 Å². The molecule has 0 aliphatic carbocycles. The van der Waals surface area contributed by atoms with Gasteiger partial charge in [0.15, 0.2) is 0 Å². The van der Waals surface area contributed by atoms with Crippen LogP contribution >= 0.6 is 0 Å². The summed E-state index contributed by atoms with van der Waals surface area (Å²) in [6.07, 6.45) is 6.27. The van der Waals surface area contributed by atoms with Crippen molar-refractivity contribution in [3.05, 3.63) is 30.7 Å². The largest absolute Gasteiger partial charge is 0.481 e. The molecule has 0 fully saturated rings. The van der Waals surface area contributed by atoms with Gasteiger partial charge in [0, 0.05) is 12.1 Å². The number of nitrogens with two attached hydrogens (primary N) is 1. The number of unbranched alkanes of at least 4 members (excludes halogenated alkanes) is 1. The lowest BCUT2D eigenvalue weighted by molar-refractivity contribution is 0.394. The van der Waals surface area contributed by atoms with Gasteiger partial charge in [-0.2, -0.15) is 0 Å². The average molecular weight is 207 g/mol. The first-order valence-corrected chi connectivity index (χ1v) is 5.00. The minimum Gasteiger partial charge on any atom is -0.481 e. The molecule has 1 unspecified atom stereocenters. The van der Waals surface area contributed by atoms with E-state index in [2.05, 4.69) is 16.5 Å². The highest BCUT2D eigenvalue weighted by atomic mass is 16.5. The number of allylic oxidation sites excluding steroid dienone is 1. The number of methoxy groups -OCH3 is 1. The van der Waals surface area contributed by atoms with E-state index in [1.165, 1.54) is 6.33 Å². The molecule has 0 radical (unpaired) electrons. The number of aromatic nitrogens is 2. The molecule has 0 bridgehead atoms. The highest BCUT2D eigenvalue weighted by Crippen LogP contribution is 2.17. The molecule has 1 aromatic rings. The maximum atomic E-state index is 5.98. The van der Waals surface area contributed by atoms with Gasteiger partial charge in [-0.15, -0.1) is 6.58 Å². The second-order valence-corrected chi connectivity index (χ2v) is 3.31. The zero-order chi connectivity index (χ0) is 11.1. The Hall–Kier alpha value is -1.42. The highest BCUT2D eigenvalue weighted by molar-refractivity contribution is 5.16. The fourth-order valence-corrected chi connectivity index (χ4v) is 1.30. The van der Waals surface area contributed by atoms with Crippen LogP contribution in [0.3, 0.4) is 0 Å². The minimum absolute atomic E-state index is 0.0538. The van der Waals surface area contributed by atoms with Crippen LogP contribution in [0, 0.1) is 0 Å². The fourth-order valence-electron chi connectivity index (χ4n) is 1.30. The van der Waals surface area contributed by atoms with Crippen LogP contribution in [0.5, 0.6) is 5.88 Å². The molecule has 82 valence electrons. The molecule has 0 amide bonds. The molecular weight excluding hydrogens is 190 g/mol. The van der Waals surface area contributed by atoms with E-state index in [-0.39, 0.29) is 6.04 Å². The first kappa shape index (κ1) is 11.7. The van der Waals surface area contributed by atoms with Crippen LogP contribution in [0.25, 0.3) is 0 Å². The Kier molecular flexibility index (Phi) is 4.77. The summed E-state index contributed by atoms with van der Waals surface area (Å²) in [5.41, 5.74) is 6.80. The summed E-state index contributed by atoms with van der Waals surface area (Å²) in [6.45, 7) is 3.67. The van der Waals surface area contributed by atoms with Crippen molar-refractivity contribution < 1.29 is 4.74 Å². The highest BCUT2D eigenvalue weighted by Gasteiger charge is 2.08. The summed E-state index contributed by atoms with van der Waals surface area (Å²) in [5.74, 6) is 0.555. The Balaban J connectivity index is 2.56.